The van der Waals surface area contributed by atoms with Crippen molar-refractivity contribution in [2.75, 3.05) is 13.1 Å². The third kappa shape index (κ3) is 3.19. The van der Waals surface area contributed by atoms with Gasteiger partial charge in [-0.25, -0.2) is 13.8 Å². The molecule has 7 heteroatoms. The standard InChI is InChI=1S/C11H14F2N4O/c12-10(13)6-16-11(18)9-5-14-4-8(17-9)7-2-1-3-15-7/h4-5,7,10,15H,1-3,6H2,(H,16,18)/t7-/m1/s1. The van der Waals surface area contributed by atoms with Gasteiger partial charge in [0.05, 0.1) is 30.7 Å². The number of aromatic nitrogens is 2. The molecule has 2 N–H and O–H groups in total. The topological polar surface area (TPSA) is 66.9 Å². The Hall–Kier alpha value is -1.63. The number of carbonyl (C=O) groups is 1. The van der Waals surface area contributed by atoms with E-state index in [2.05, 4.69) is 20.6 Å². The number of nitrogens with one attached hydrogen (secondary N) is 2. The number of hydrogen-bond acceptors (Lipinski definition) is 4. The second kappa shape index (κ2) is 5.81. The summed E-state index contributed by atoms with van der Waals surface area (Å²) >= 11 is 0. The van der Waals surface area contributed by atoms with Crippen molar-refractivity contribution in [3.8, 4) is 0 Å². The van der Waals surface area contributed by atoms with E-state index < -0.39 is 18.9 Å². The molecule has 0 aliphatic carbocycles. The number of nitrogens with zero attached hydrogens (tertiary/aromatic N) is 2. The molecule has 2 rings (SSSR count). The van der Waals surface area contributed by atoms with E-state index in [1.54, 1.807) is 6.20 Å². The number of rotatable bonds is 4. The monoisotopic (exact) mass is 256 g/mol. The first-order valence-electron chi connectivity index (χ1n) is 5.78. The molecule has 1 aromatic heterocycles. The summed E-state index contributed by atoms with van der Waals surface area (Å²) in [5.74, 6) is -0.623. The lowest BCUT2D eigenvalue weighted by atomic mass is 10.1. The van der Waals surface area contributed by atoms with Gasteiger partial charge in [-0.15, -0.1) is 0 Å². The Bertz CT molecular complexity index is 421. The van der Waals surface area contributed by atoms with Gasteiger partial charge in [0.15, 0.2) is 0 Å². The summed E-state index contributed by atoms with van der Waals surface area (Å²) in [6.45, 7) is 0.237. The molecule has 0 spiro atoms. The van der Waals surface area contributed by atoms with Gasteiger partial charge in [0.2, 0.25) is 0 Å². The van der Waals surface area contributed by atoms with Gasteiger partial charge in [0.25, 0.3) is 12.3 Å². The Morgan fingerprint density at radius 2 is 2.39 bits per heavy atom. The number of alkyl halides is 2. The molecule has 1 aliphatic heterocycles. The van der Waals surface area contributed by atoms with Crippen molar-refractivity contribution in [1.29, 1.82) is 0 Å². The summed E-state index contributed by atoms with van der Waals surface area (Å²) in [4.78, 5) is 19.6. The molecule has 0 radical (unpaired) electrons. The minimum atomic E-state index is -2.57. The Morgan fingerprint density at radius 3 is 3.06 bits per heavy atom. The van der Waals surface area contributed by atoms with Gasteiger partial charge in [-0.05, 0) is 19.4 Å². The van der Waals surface area contributed by atoms with Gasteiger partial charge in [-0.1, -0.05) is 0 Å². The van der Waals surface area contributed by atoms with Crippen LogP contribution in [0.3, 0.4) is 0 Å². The van der Waals surface area contributed by atoms with Gasteiger partial charge < -0.3 is 10.6 Å². The third-order valence-electron chi connectivity index (χ3n) is 2.72. The fourth-order valence-electron chi connectivity index (χ4n) is 1.86. The first-order chi connectivity index (χ1) is 8.66. The van der Waals surface area contributed by atoms with Crippen LogP contribution in [0.2, 0.25) is 0 Å². The minimum absolute atomic E-state index is 0.0712. The van der Waals surface area contributed by atoms with Crippen molar-refractivity contribution in [2.45, 2.75) is 25.3 Å². The molecule has 0 unspecified atom stereocenters. The highest BCUT2D eigenvalue weighted by atomic mass is 19.3. The molecule has 1 amide bonds. The molecular formula is C11H14F2N4O. The average molecular weight is 256 g/mol. The van der Waals surface area contributed by atoms with E-state index in [1.165, 1.54) is 6.20 Å². The average Bonchev–Trinajstić information content (AvgIpc) is 2.90. The molecule has 2 heterocycles. The van der Waals surface area contributed by atoms with Gasteiger partial charge in [0.1, 0.15) is 5.69 Å². The van der Waals surface area contributed by atoms with E-state index in [-0.39, 0.29) is 11.7 Å². The predicted octanol–water partition coefficient (Wildman–Crippen LogP) is 0.896. The highest BCUT2D eigenvalue weighted by molar-refractivity contribution is 5.91. The highest BCUT2D eigenvalue weighted by Crippen LogP contribution is 2.20. The quantitative estimate of drug-likeness (QED) is 0.839. The van der Waals surface area contributed by atoms with Crippen molar-refractivity contribution < 1.29 is 13.6 Å². The summed E-state index contributed by atoms with van der Waals surface area (Å²) in [6.07, 6.45) is 2.29. The molecule has 0 bridgehead atoms. The Morgan fingerprint density at radius 1 is 1.56 bits per heavy atom. The van der Waals surface area contributed by atoms with Crippen LogP contribution in [0, 0.1) is 0 Å². The summed E-state index contributed by atoms with van der Waals surface area (Å²) < 4.78 is 24.0. The zero-order chi connectivity index (χ0) is 13.0. The smallest absolute Gasteiger partial charge is 0.271 e. The van der Waals surface area contributed by atoms with Gasteiger partial charge >= 0.3 is 0 Å². The zero-order valence-corrected chi connectivity index (χ0v) is 9.70. The van der Waals surface area contributed by atoms with Crippen molar-refractivity contribution in [1.82, 2.24) is 20.6 Å². The van der Waals surface area contributed by atoms with Crippen LogP contribution in [-0.2, 0) is 0 Å². The lowest BCUT2D eigenvalue weighted by Crippen LogP contribution is -2.29. The molecule has 1 saturated heterocycles. The first-order valence-corrected chi connectivity index (χ1v) is 5.78. The molecular weight excluding hydrogens is 242 g/mol. The SMILES string of the molecule is O=C(NCC(F)F)c1cncc([C@H]2CCCN2)n1. The summed E-state index contributed by atoms with van der Waals surface area (Å²) in [5, 5.41) is 5.34. The van der Waals surface area contributed by atoms with Crippen LogP contribution in [0.15, 0.2) is 12.4 Å². The lowest BCUT2D eigenvalue weighted by Gasteiger charge is -2.10. The summed E-state index contributed by atoms with van der Waals surface area (Å²) in [7, 11) is 0. The number of halogens is 2. The van der Waals surface area contributed by atoms with Crippen molar-refractivity contribution in [3.63, 3.8) is 0 Å². The highest BCUT2D eigenvalue weighted by Gasteiger charge is 2.19. The molecule has 1 atom stereocenters. The Balaban J connectivity index is 2.04. The summed E-state index contributed by atoms with van der Waals surface area (Å²) in [5.41, 5.74) is 0.749. The van der Waals surface area contributed by atoms with Crippen LogP contribution in [-0.4, -0.2) is 35.4 Å². The fourth-order valence-corrected chi connectivity index (χ4v) is 1.86. The molecule has 98 valence electrons. The first kappa shape index (κ1) is 12.8. The maximum atomic E-state index is 12.0. The molecule has 1 fully saturated rings. The van der Waals surface area contributed by atoms with E-state index >= 15 is 0 Å². The molecule has 18 heavy (non-hydrogen) atoms. The molecule has 0 saturated carbocycles. The molecule has 1 aliphatic rings. The fraction of sp³-hybridized carbons (Fsp3) is 0.545. The van der Waals surface area contributed by atoms with Crippen LogP contribution in [0.25, 0.3) is 0 Å². The van der Waals surface area contributed by atoms with Crippen LogP contribution in [0.4, 0.5) is 8.78 Å². The largest absolute Gasteiger partial charge is 0.345 e. The van der Waals surface area contributed by atoms with E-state index in [1.807, 2.05) is 0 Å². The zero-order valence-electron chi connectivity index (χ0n) is 9.70. The summed E-state index contributed by atoms with van der Waals surface area (Å²) in [6, 6.07) is 0.0975. The number of amides is 1. The van der Waals surface area contributed by atoms with Crippen LogP contribution >= 0.6 is 0 Å². The Labute approximate surface area is 103 Å². The van der Waals surface area contributed by atoms with E-state index in [0.717, 1.165) is 19.4 Å². The predicted molar refractivity (Wildman–Crippen MR) is 60.3 cm³/mol. The Kier molecular flexibility index (Phi) is 4.14. The number of hydrogen-bond donors (Lipinski definition) is 2. The van der Waals surface area contributed by atoms with E-state index in [4.69, 9.17) is 0 Å². The van der Waals surface area contributed by atoms with Gasteiger partial charge in [-0.2, -0.15) is 0 Å². The van der Waals surface area contributed by atoms with Crippen molar-refractivity contribution >= 4 is 5.91 Å². The normalized spacial score (nSPS) is 19.2. The lowest BCUT2D eigenvalue weighted by molar-refractivity contribution is 0.0886. The van der Waals surface area contributed by atoms with Crippen LogP contribution in [0.5, 0.6) is 0 Å². The molecule has 5 nitrogen and oxygen atoms in total. The van der Waals surface area contributed by atoms with Crippen LogP contribution < -0.4 is 10.6 Å². The van der Waals surface area contributed by atoms with E-state index in [0.29, 0.717) is 5.69 Å². The van der Waals surface area contributed by atoms with Gasteiger partial charge in [-0.3, -0.25) is 9.78 Å². The van der Waals surface area contributed by atoms with Crippen molar-refractivity contribution in [2.24, 2.45) is 0 Å². The third-order valence-corrected chi connectivity index (χ3v) is 2.72. The second-order valence-electron chi connectivity index (χ2n) is 4.08. The van der Waals surface area contributed by atoms with Gasteiger partial charge in [0, 0.05) is 0 Å². The number of carbonyl (C=O) groups excluding carboxylic acids is 1. The maximum absolute atomic E-state index is 12.0. The molecule has 1 aromatic rings. The van der Waals surface area contributed by atoms with Crippen LogP contribution in [0.1, 0.15) is 35.1 Å². The maximum Gasteiger partial charge on any atom is 0.271 e. The minimum Gasteiger partial charge on any atom is -0.345 e. The molecule has 0 aromatic carbocycles. The second-order valence-corrected chi connectivity index (χ2v) is 4.08. The van der Waals surface area contributed by atoms with E-state index in [9.17, 15) is 13.6 Å². The van der Waals surface area contributed by atoms with Crippen molar-refractivity contribution in [3.05, 3.63) is 23.8 Å².